The average molecular weight is 383 g/mol. The highest BCUT2D eigenvalue weighted by atomic mass is 32.2. The van der Waals surface area contributed by atoms with Gasteiger partial charge in [-0.1, -0.05) is 12.1 Å². The van der Waals surface area contributed by atoms with Crippen molar-refractivity contribution >= 4 is 33.4 Å². The zero-order valence-corrected chi connectivity index (χ0v) is 15.2. The molecule has 0 atom stereocenters. The molecule has 2 aromatic carbocycles. The summed E-state index contributed by atoms with van der Waals surface area (Å²) in [4.78, 5) is 15.9. The van der Waals surface area contributed by atoms with Crippen LogP contribution in [0.2, 0.25) is 0 Å². The van der Waals surface area contributed by atoms with Crippen LogP contribution < -0.4 is 10.0 Å². The summed E-state index contributed by atoms with van der Waals surface area (Å²) in [7, 11) is -3.31. The van der Waals surface area contributed by atoms with Crippen molar-refractivity contribution in [3.05, 3.63) is 72.8 Å². The van der Waals surface area contributed by atoms with E-state index in [0.717, 1.165) is 17.5 Å². The number of carbonyl (C=O) groups is 1. The zero-order valence-electron chi connectivity index (χ0n) is 14.4. The van der Waals surface area contributed by atoms with Crippen molar-refractivity contribution in [2.75, 3.05) is 16.3 Å². The minimum Gasteiger partial charge on any atom is -0.323 e. The first-order valence-electron chi connectivity index (χ1n) is 7.91. The summed E-state index contributed by atoms with van der Waals surface area (Å²) in [6.45, 7) is 0. The Morgan fingerprint density at radius 3 is 2.30 bits per heavy atom. The zero-order chi connectivity index (χ0) is 19.3. The number of hydrogen-bond donors (Lipinski definition) is 2. The number of sulfonamides is 1. The van der Waals surface area contributed by atoms with E-state index in [4.69, 9.17) is 0 Å². The number of anilines is 2. The quantitative estimate of drug-likeness (QED) is 0.635. The molecule has 1 heterocycles. The standard InChI is InChI=1S/C18H17N5O3S/c1-27(25,26)22-16-5-2-14(3-6-16)4-11-18(24)21-15-7-9-17(10-8-15)23-13-19-12-20-23/h2-13,22H,1H3,(H,21,24). The molecule has 0 saturated heterocycles. The van der Waals surface area contributed by atoms with Crippen molar-refractivity contribution in [1.82, 2.24) is 14.8 Å². The SMILES string of the molecule is CS(=O)(=O)Nc1ccc(C=CC(=O)Nc2ccc(-n3cncn3)cc2)cc1. The van der Waals surface area contributed by atoms with E-state index in [1.165, 1.54) is 12.4 Å². The van der Waals surface area contributed by atoms with E-state index in [9.17, 15) is 13.2 Å². The Hall–Kier alpha value is -3.46. The molecule has 0 aliphatic carbocycles. The molecule has 0 spiro atoms. The van der Waals surface area contributed by atoms with E-state index in [1.54, 1.807) is 53.5 Å². The van der Waals surface area contributed by atoms with E-state index in [2.05, 4.69) is 20.1 Å². The van der Waals surface area contributed by atoms with E-state index in [1.807, 2.05) is 12.1 Å². The van der Waals surface area contributed by atoms with Gasteiger partial charge in [0.2, 0.25) is 15.9 Å². The molecule has 0 radical (unpaired) electrons. The van der Waals surface area contributed by atoms with Gasteiger partial charge in [-0.3, -0.25) is 9.52 Å². The van der Waals surface area contributed by atoms with Crippen LogP contribution in [-0.4, -0.2) is 35.3 Å². The average Bonchev–Trinajstić information content (AvgIpc) is 3.15. The van der Waals surface area contributed by atoms with E-state index in [0.29, 0.717) is 11.4 Å². The molecule has 0 aliphatic heterocycles. The summed E-state index contributed by atoms with van der Waals surface area (Å²) in [5, 5.41) is 6.80. The predicted octanol–water partition coefficient (Wildman–Crippen LogP) is 2.29. The number of benzene rings is 2. The van der Waals surface area contributed by atoms with Gasteiger partial charge >= 0.3 is 0 Å². The summed E-state index contributed by atoms with van der Waals surface area (Å²) in [5.74, 6) is -0.276. The normalized spacial score (nSPS) is 11.4. The molecule has 0 bridgehead atoms. The van der Waals surface area contributed by atoms with Gasteiger partial charge in [0.25, 0.3) is 0 Å². The lowest BCUT2D eigenvalue weighted by Gasteiger charge is -2.05. The largest absolute Gasteiger partial charge is 0.323 e. The van der Waals surface area contributed by atoms with Gasteiger partial charge in [-0.15, -0.1) is 0 Å². The second kappa shape index (κ2) is 7.83. The fourth-order valence-electron chi connectivity index (χ4n) is 2.27. The first-order chi connectivity index (χ1) is 12.9. The van der Waals surface area contributed by atoms with Crippen LogP contribution in [-0.2, 0) is 14.8 Å². The number of amides is 1. The summed E-state index contributed by atoms with van der Waals surface area (Å²) >= 11 is 0. The van der Waals surface area contributed by atoms with Gasteiger partial charge in [-0.2, -0.15) is 5.10 Å². The molecule has 2 N–H and O–H groups in total. The lowest BCUT2D eigenvalue weighted by atomic mass is 10.2. The lowest BCUT2D eigenvalue weighted by Crippen LogP contribution is -2.09. The van der Waals surface area contributed by atoms with Crippen LogP contribution in [0.5, 0.6) is 0 Å². The molecule has 0 unspecified atom stereocenters. The number of nitrogens with one attached hydrogen (secondary N) is 2. The number of rotatable bonds is 6. The third-order valence-corrected chi connectivity index (χ3v) is 4.07. The van der Waals surface area contributed by atoms with Crippen molar-refractivity contribution in [3.8, 4) is 5.69 Å². The lowest BCUT2D eigenvalue weighted by molar-refractivity contribution is -0.111. The maximum Gasteiger partial charge on any atom is 0.248 e. The van der Waals surface area contributed by atoms with E-state index < -0.39 is 10.0 Å². The van der Waals surface area contributed by atoms with Crippen LogP contribution in [0.4, 0.5) is 11.4 Å². The molecule has 1 amide bonds. The number of carbonyl (C=O) groups excluding carboxylic acids is 1. The second-order valence-corrected chi connectivity index (χ2v) is 7.45. The summed E-state index contributed by atoms with van der Waals surface area (Å²) in [6, 6.07) is 13.9. The number of aromatic nitrogens is 3. The molecule has 0 saturated carbocycles. The van der Waals surface area contributed by atoms with Crippen LogP contribution in [0.1, 0.15) is 5.56 Å². The fourth-order valence-corrected chi connectivity index (χ4v) is 2.84. The monoisotopic (exact) mass is 383 g/mol. The van der Waals surface area contributed by atoms with Gasteiger partial charge in [-0.05, 0) is 48.0 Å². The molecule has 9 heteroatoms. The Morgan fingerprint density at radius 2 is 1.70 bits per heavy atom. The van der Waals surface area contributed by atoms with Gasteiger partial charge in [0.05, 0.1) is 11.9 Å². The summed E-state index contributed by atoms with van der Waals surface area (Å²) in [5.41, 5.74) is 2.72. The van der Waals surface area contributed by atoms with Crippen molar-refractivity contribution < 1.29 is 13.2 Å². The Morgan fingerprint density at radius 1 is 1.04 bits per heavy atom. The Bertz CT molecular complexity index is 1040. The highest BCUT2D eigenvalue weighted by molar-refractivity contribution is 7.92. The number of hydrogen-bond acceptors (Lipinski definition) is 5. The van der Waals surface area contributed by atoms with E-state index in [-0.39, 0.29) is 5.91 Å². The third kappa shape index (κ3) is 5.51. The van der Waals surface area contributed by atoms with Gasteiger partial charge in [0, 0.05) is 17.5 Å². The molecule has 1 aromatic heterocycles. The van der Waals surface area contributed by atoms with Crippen molar-refractivity contribution in [1.29, 1.82) is 0 Å². The van der Waals surface area contributed by atoms with Crippen LogP contribution in [0.3, 0.4) is 0 Å². The van der Waals surface area contributed by atoms with Crippen molar-refractivity contribution in [2.24, 2.45) is 0 Å². The topological polar surface area (TPSA) is 106 Å². The van der Waals surface area contributed by atoms with Crippen LogP contribution in [0.15, 0.2) is 67.3 Å². The fraction of sp³-hybridized carbons (Fsp3) is 0.0556. The molecular weight excluding hydrogens is 366 g/mol. The molecule has 0 fully saturated rings. The van der Waals surface area contributed by atoms with Crippen LogP contribution in [0, 0.1) is 0 Å². The maximum atomic E-state index is 12.0. The molecule has 3 rings (SSSR count). The first kappa shape index (κ1) is 18.3. The first-order valence-corrected chi connectivity index (χ1v) is 9.80. The van der Waals surface area contributed by atoms with E-state index >= 15 is 0 Å². The van der Waals surface area contributed by atoms with Gasteiger partial charge in [-0.25, -0.2) is 18.1 Å². The number of nitrogens with zero attached hydrogens (tertiary/aromatic N) is 3. The third-order valence-electron chi connectivity index (χ3n) is 3.46. The predicted molar refractivity (Wildman–Crippen MR) is 104 cm³/mol. The van der Waals surface area contributed by atoms with Gasteiger partial charge in [0.15, 0.2) is 0 Å². The molecule has 8 nitrogen and oxygen atoms in total. The summed E-state index contributed by atoms with van der Waals surface area (Å²) < 4.78 is 26.4. The molecule has 27 heavy (non-hydrogen) atoms. The van der Waals surface area contributed by atoms with Gasteiger partial charge in [0.1, 0.15) is 12.7 Å². The highest BCUT2D eigenvalue weighted by Gasteiger charge is 2.02. The molecule has 0 aliphatic rings. The van der Waals surface area contributed by atoms with Crippen molar-refractivity contribution in [2.45, 2.75) is 0 Å². The molecule has 138 valence electrons. The Labute approximate surface area is 156 Å². The molecule has 3 aromatic rings. The Balaban J connectivity index is 1.58. The van der Waals surface area contributed by atoms with Crippen LogP contribution >= 0.6 is 0 Å². The minimum absolute atomic E-state index is 0.276. The minimum atomic E-state index is -3.31. The molecular formula is C18H17N5O3S. The van der Waals surface area contributed by atoms with Crippen LogP contribution in [0.25, 0.3) is 11.8 Å². The van der Waals surface area contributed by atoms with Gasteiger partial charge < -0.3 is 5.32 Å². The second-order valence-electron chi connectivity index (χ2n) is 5.71. The summed E-state index contributed by atoms with van der Waals surface area (Å²) in [6.07, 6.45) is 7.18. The Kier molecular flexibility index (Phi) is 5.32. The van der Waals surface area contributed by atoms with Crippen molar-refractivity contribution in [3.63, 3.8) is 0 Å². The maximum absolute atomic E-state index is 12.0. The highest BCUT2D eigenvalue weighted by Crippen LogP contribution is 2.14. The smallest absolute Gasteiger partial charge is 0.248 e.